The van der Waals surface area contributed by atoms with E-state index in [4.69, 9.17) is 8.53 Å². The van der Waals surface area contributed by atoms with Crippen LogP contribution in [0.1, 0.15) is 39.3 Å². The maximum atomic E-state index is 12.7. The fourth-order valence-corrected chi connectivity index (χ4v) is 3.74. The molecular formula is C22H23N7O2. The summed E-state index contributed by atoms with van der Waals surface area (Å²) in [5.74, 6) is 0.483. The first kappa shape index (κ1) is 16.1. The summed E-state index contributed by atoms with van der Waals surface area (Å²) in [5, 5.41) is 7.37. The predicted molar refractivity (Wildman–Crippen MR) is 116 cm³/mol. The van der Waals surface area contributed by atoms with Gasteiger partial charge in [-0.3, -0.25) is 14.8 Å². The quantitative estimate of drug-likeness (QED) is 0.541. The Bertz CT molecular complexity index is 1340. The largest absolute Gasteiger partial charge is 0.448 e. The molecule has 3 aromatic heterocycles. The van der Waals surface area contributed by atoms with Crippen molar-refractivity contribution in [2.45, 2.75) is 18.8 Å². The Morgan fingerprint density at radius 3 is 2.90 bits per heavy atom. The fraction of sp³-hybridized carbons (Fsp3) is 0.318. The molecule has 0 radical (unpaired) electrons. The molecule has 1 amide bonds. The Balaban J connectivity index is 1.33. The smallest absolute Gasteiger partial charge is 0.279 e. The molecule has 1 saturated heterocycles. The van der Waals surface area contributed by atoms with Gasteiger partial charge in [-0.2, -0.15) is 5.10 Å². The van der Waals surface area contributed by atoms with E-state index >= 15 is 0 Å². The summed E-state index contributed by atoms with van der Waals surface area (Å²) in [6.07, 6.45) is 7.82. The minimum absolute atomic E-state index is 0.136. The topological polar surface area (TPSA) is 102 Å². The van der Waals surface area contributed by atoms with Gasteiger partial charge < -0.3 is 9.32 Å². The molecule has 4 heterocycles. The average Bonchev–Trinajstić information content (AvgIpc) is 3.49. The first-order chi connectivity index (χ1) is 16.3. The molecule has 9 heteroatoms. The molecule has 4 aromatic rings. The third kappa shape index (κ3) is 4.04. The van der Waals surface area contributed by atoms with Crippen molar-refractivity contribution in [3.63, 3.8) is 0 Å². The first-order valence-corrected chi connectivity index (χ1v) is 10.0. The zero-order valence-corrected chi connectivity index (χ0v) is 16.9. The summed E-state index contributed by atoms with van der Waals surface area (Å²) < 4.78 is 28.9. The van der Waals surface area contributed by atoms with Gasteiger partial charge in [-0.05, 0) is 44.6 Å². The number of carbonyl (C=O) groups excluding carboxylic acids is 1. The second kappa shape index (κ2) is 7.92. The summed E-state index contributed by atoms with van der Waals surface area (Å²) in [4.78, 5) is 28.0. The van der Waals surface area contributed by atoms with Crippen molar-refractivity contribution in [2.24, 2.45) is 6.98 Å². The molecule has 1 aliphatic rings. The van der Waals surface area contributed by atoms with Crippen LogP contribution in [0, 0.1) is 0 Å². The van der Waals surface area contributed by atoms with E-state index < -0.39 is 12.9 Å². The summed E-state index contributed by atoms with van der Waals surface area (Å²) in [6, 6.07) is 5.46. The van der Waals surface area contributed by atoms with Crippen molar-refractivity contribution < 1.29 is 13.3 Å². The lowest BCUT2D eigenvalue weighted by Crippen LogP contribution is -2.29. The number of hydrogen-bond donors (Lipinski definition) is 1. The molecule has 5 rings (SSSR count). The minimum atomic E-state index is -2.34. The van der Waals surface area contributed by atoms with Gasteiger partial charge in [0.15, 0.2) is 11.6 Å². The van der Waals surface area contributed by atoms with Crippen LogP contribution in [0.4, 0.5) is 5.95 Å². The van der Waals surface area contributed by atoms with E-state index in [-0.39, 0.29) is 17.6 Å². The lowest BCUT2D eigenvalue weighted by molar-refractivity contribution is 0.102. The molecular weight excluding hydrogens is 394 g/mol. The van der Waals surface area contributed by atoms with Gasteiger partial charge in [0.05, 0.1) is 11.7 Å². The van der Waals surface area contributed by atoms with E-state index in [1.165, 1.54) is 18.7 Å². The van der Waals surface area contributed by atoms with Crippen LogP contribution in [0.2, 0.25) is 0 Å². The monoisotopic (exact) mass is 420 g/mol. The Hall–Kier alpha value is -3.59. The van der Waals surface area contributed by atoms with Crippen molar-refractivity contribution in [3.8, 4) is 11.1 Å². The highest BCUT2D eigenvalue weighted by Gasteiger charge is 2.24. The summed E-state index contributed by atoms with van der Waals surface area (Å²) >= 11 is 0. The minimum Gasteiger partial charge on any atom is -0.448 e. The highest BCUT2D eigenvalue weighted by molar-refractivity contribution is 6.02. The third-order valence-electron chi connectivity index (χ3n) is 5.55. The molecule has 0 atom stereocenters. The van der Waals surface area contributed by atoms with Crippen LogP contribution >= 0.6 is 0 Å². The SMILES string of the molecule is [2H]C([2H])([2H])n1cc(-c2ccc3cnc(NC(=O)c4coc(C5CCN(C)CC5)n4)nc3c2)cn1. The van der Waals surface area contributed by atoms with Crippen molar-refractivity contribution in [1.29, 1.82) is 0 Å². The van der Waals surface area contributed by atoms with Gasteiger partial charge in [-0.25, -0.2) is 15.0 Å². The molecule has 158 valence electrons. The first-order valence-electron chi connectivity index (χ1n) is 11.5. The number of rotatable bonds is 4. The van der Waals surface area contributed by atoms with Crippen LogP contribution < -0.4 is 5.32 Å². The second-order valence-electron chi connectivity index (χ2n) is 7.74. The number of likely N-dealkylation sites (tertiary alicyclic amines) is 1. The van der Waals surface area contributed by atoms with Crippen molar-refractivity contribution in [1.82, 2.24) is 29.6 Å². The molecule has 0 spiro atoms. The van der Waals surface area contributed by atoms with Crippen LogP contribution in [0.5, 0.6) is 0 Å². The molecule has 0 saturated carbocycles. The number of nitrogens with one attached hydrogen (secondary N) is 1. The maximum Gasteiger partial charge on any atom is 0.279 e. The van der Waals surface area contributed by atoms with E-state index in [0.717, 1.165) is 41.6 Å². The summed E-state index contributed by atoms with van der Waals surface area (Å²) in [7, 11) is 2.08. The number of anilines is 1. The average molecular weight is 420 g/mol. The molecule has 1 aromatic carbocycles. The van der Waals surface area contributed by atoms with Gasteiger partial charge in [-0.1, -0.05) is 12.1 Å². The van der Waals surface area contributed by atoms with Gasteiger partial charge in [0, 0.05) is 40.3 Å². The number of fused-ring (bicyclic) bond motifs is 1. The molecule has 1 aliphatic heterocycles. The number of amides is 1. The normalized spacial score (nSPS) is 17.3. The van der Waals surface area contributed by atoms with Gasteiger partial charge >= 0.3 is 0 Å². The van der Waals surface area contributed by atoms with E-state index in [1.807, 2.05) is 12.1 Å². The van der Waals surface area contributed by atoms with Gasteiger partial charge in [0.25, 0.3) is 5.91 Å². The summed E-state index contributed by atoms with van der Waals surface area (Å²) in [5.41, 5.74) is 2.17. The zero-order chi connectivity index (χ0) is 23.9. The van der Waals surface area contributed by atoms with Crippen LogP contribution in [-0.4, -0.2) is 55.7 Å². The number of nitrogens with zero attached hydrogens (tertiary/aromatic N) is 6. The molecule has 9 nitrogen and oxygen atoms in total. The van der Waals surface area contributed by atoms with E-state index in [1.54, 1.807) is 12.3 Å². The molecule has 0 aliphatic carbocycles. The van der Waals surface area contributed by atoms with Crippen LogP contribution in [0.15, 0.2) is 47.5 Å². The Kier molecular flexibility index (Phi) is 4.12. The Morgan fingerprint density at radius 1 is 1.23 bits per heavy atom. The maximum absolute atomic E-state index is 12.7. The van der Waals surface area contributed by atoms with Crippen molar-refractivity contribution in [2.75, 3.05) is 25.5 Å². The molecule has 1 N–H and O–H groups in total. The number of aryl methyl sites for hydroxylation is 1. The number of piperidine rings is 1. The number of aromatic nitrogens is 5. The lowest BCUT2D eigenvalue weighted by atomic mass is 9.97. The van der Waals surface area contributed by atoms with Crippen LogP contribution in [0.3, 0.4) is 0 Å². The Morgan fingerprint density at radius 2 is 2.10 bits per heavy atom. The van der Waals surface area contributed by atoms with Crippen molar-refractivity contribution in [3.05, 3.63) is 54.6 Å². The van der Waals surface area contributed by atoms with E-state index in [0.29, 0.717) is 17.0 Å². The number of oxazole rings is 1. The number of hydrogen-bond acceptors (Lipinski definition) is 7. The summed E-state index contributed by atoms with van der Waals surface area (Å²) in [6.45, 7) is -0.403. The standard InChI is InChI=1S/C22H23N7O2/c1-28-7-5-14(6-8-28)21-25-19(13-31-21)20(30)27-22-23-10-16-4-3-15(9-18(16)26-22)17-11-24-29(2)12-17/h3-4,9-14H,5-8H2,1-2H3,(H,23,26,27,30)/i2D3. The number of benzene rings is 1. The molecule has 31 heavy (non-hydrogen) atoms. The van der Waals surface area contributed by atoms with Gasteiger partial charge in [0.1, 0.15) is 6.26 Å². The van der Waals surface area contributed by atoms with E-state index in [9.17, 15) is 4.79 Å². The zero-order valence-electron chi connectivity index (χ0n) is 19.9. The second-order valence-corrected chi connectivity index (χ2v) is 7.74. The van der Waals surface area contributed by atoms with Crippen molar-refractivity contribution >= 4 is 22.8 Å². The highest BCUT2D eigenvalue weighted by atomic mass is 16.3. The Labute approximate surface area is 183 Å². The van der Waals surface area contributed by atoms with Crippen LogP contribution in [0.25, 0.3) is 22.0 Å². The lowest BCUT2D eigenvalue weighted by Gasteiger charge is -2.26. The predicted octanol–water partition coefficient (Wildman–Crippen LogP) is 3.08. The molecule has 0 bridgehead atoms. The molecule has 0 unspecified atom stereocenters. The highest BCUT2D eigenvalue weighted by Crippen LogP contribution is 2.27. The third-order valence-corrected chi connectivity index (χ3v) is 5.55. The van der Waals surface area contributed by atoms with Crippen LogP contribution in [-0.2, 0) is 6.98 Å². The fourth-order valence-electron chi connectivity index (χ4n) is 3.74. The van der Waals surface area contributed by atoms with E-state index in [2.05, 4.69) is 37.3 Å². The number of carbonyl (C=O) groups is 1. The van der Waals surface area contributed by atoms with Gasteiger partial charge in [-0.15, -0.1) is 0 Å². The van der Waals surface area contributed by atoms with Gasteiger partial charge in [0.2, 0.25) is 5.95 Å². The molecule has 1 fully saturated rings.